The molecule has 0 aliphatic carbocycles. The molecule has 2 heterocycles. The van der Waals surface area contributed by atoms with Crippen molar-refractivity contribution in [3.63, 3.8) is 0 Å². The topological polar surface area (TPSA) is 52.0 Å². The van der Waals surface area contributed by atoms with Gasteiger partial charge >= 0.3 is 0 Å². The molecule has 0 radical (unpaired) electrons. The van der Waals surface area contributed by atoms with Crippen molar-refractivity contribution in [1.29, 1.82) is 0 Å². The molecule has 0 spiro atoms. The summed E-state index contributed by atoms with van der Waals surface area (Å²) in [5.41, 5.74) is 4.11. The zero-order valence-corrected chi connectivity index (χ0v) is 17.3. The Labute approximate surface area is 161 Å². The third-order valence-electron chi connectivity index (χ3n) is 4.50. The normalized spacial score (nSPS) is 11.3. The van der Waals surface area contributed by atoms with E-state index < -0.39 is 0 Å². The van der Waals surface area contributed by atoms with Crippen molar-refractivity contribution >= 4 is 39.1 Å². The molecule has 4 nitrogen and oxygen atoms in total. The monoisotopic (exact) mass is 386 g/mol. The first-order valence-electron chi connectivity index (χ1n) is 8.58. The second-order valence-corrected chi connectivity index (χ2v) is 8.61. The molecule has 0 fully saturated rings. The van der Waals surface area contributed by atoms with Crippen LogP contribution < -0.4 is 5.56 Å². The van der Waals surface area contributed by atoms with Crippen LogP contribution in [0.3, 0.4) is 0 Å². The summed E-state index contributed by atoms with van der Waals surface area (Å²) in [6.07, 6.45) is 0.801. The van der Waals surface area contributed by atoms with Gasteiger partial charge in [-0.1, -0.05) is 24.8 Å². The maximum atomic E-state index is 13.4. The van der Waals surface area contributed by atoms with Crippen LogP contribution in [0.5, 0.6) is 0 Å². The Kier molecular flexibility index (Phi) is 5.34. The molecular formula is C20H22N2O2S2. The fraction of sp³-hybridized carbons (Fsp3) is 0.350. The Bertz CT molecular complexity index is 1060. The number of aryl methyl sites for hydroxylation is 4. The van der Waals surface area contributed by atoms with Gasteiger partial charge < -0.3 is 0 Å². The maximum Gasteiger partial charge on any atom is 0.267 e. The van der Waals surface area contributed by atoms with Crippen molar-refractivity contribution in [3.8, 4) is 5.69 Å². The second kappa shape index (κ2) is 7.37. The highest BCUT2D eigenvalue weighted by molar-refractivity contribution is 7.99. The van der Waals surface area contributed by atoms with Crippen LogP contribution in [0.15, 0.2) is 28.2 Å². The molecule has 0 atom stereocenters. The summed E-state index contributed by atoms with van der Waals surface area (Å²) in [7, 11) is 0. The van der Waals surface area contributed by atoms with Gasteiger partial charge in [0.15, 0.2) is 5.16 Å². The van der Waals surface area contributed by atoms with Gasteiger partial charge in [-0.2, -0.15) is 0 Å². The van der Waals surface area contributed by atoms with E-state index in [1.54, 1.807) is 22.8 Å². The lowest BCUT2D eigenvalue weighted by molar-refractivity contribution is -0.114. The SMILES string of the molecule is CCc1c(C)sc2nc(SCC(C)=O)n(-c3ccc(C)c(C)c3)c(=O)c12. The lowest BCUT2D eigenvalue weighted by Gasteiger charge is -2.13. The van der Waals surface area contributed by atoms with Gasteiger partial charge in [-0.05, 0) is 62.9 Å². The number of aromatic nitrogens is 2. The third kappa shape index (κ3) is 3.35. The number of benzene rings is 1. The molecule has 3 rings (SSSR count). The molecule has 0 unspecified atom stereocenters. The van der Waals surface area contributed by atoms with E-state index in [0.29, 0.717) is 16.3 Å². The molecule has 0 aliphatic heterocycles. The summed E-state index contributed by atoms with van der Waals surface area (Å²) >= 11 is 2.87. The van der Waals surface area contributed by atoms with Crippen LogP contribution in [-0.2, 0) is 11.2 Å². The molecule has 0 saturated carbocycles. The lowest BCUT2D eigenvalue weighted by Crippen LogP contribution is -2.22. The number of ketones is 1. The average molecular weight is 387 g/mol. The van der Waals surface area contributed by atoms with Gasteiger partial charge in [-0.15, -0.1) is 11.3 Å². The first-order valence-corrected chi connectivity index (χ1v) is 10.4. The van der Waals surface area contributed by atoms with Gasteiger partial charge in [-0.25, -0.2) is 4.98 Å². The quantitative estimate of drug-likeness (QED) is 0.474. The smallest absolute Gasteiger partial charge is 0.267 e. The van der Waals surface area contributed by atoms with Crippen molar-refractivity contribution in [2.24, 2.45) is 0 Å². The Morgan fingerprint density at radius 3 is 2.58 bits per heavy atom. The number of Topliss-reactive ketones (excluding diaryl/α,β-unsaturated/α-hetero) is 1. The summed E-state index contributed by atoms with van der Waals surface area (Å²) in [5, 5.41) is 1.28. The van der Waals surface area contributed by atoms with Crippen molar-refractivity contribution in [2.45, 2.75) is 46.2 Å². The van der Waals surface area contributed by atoms with E-state index in [9.17, 15) is 9.59 Å². The fourth-order valence-corrected chi connectivity index (χ4v) is 4.95. The molecule has 0 N–H and O–H groups in total. The van der Waals surface area contributed by atoms with Crippen LogP contribution in [0.1, 0.15) is 35.4 Å². The number of hydrogen-bond donors (Lipinski definition) is 0. The Balaban J connectivity index is 2.33. The van der Waals surface area contributed by atoms with E-state index in [1.807, 2.05) is 39.0 Å². The van der Waals surface area contributed by atoms with Crippen LogP contribution in [0, 0.1) is 20.8 Å². The van der Waals surface area contributed by atoms with E-state index in [1.165, 1.54) is 17.3 Å². The number of nitrogens with zero attached hydrogens (tertiary/aromatic N) is 2. The van der Waals surface area contributed by atoms with E-state index in [2.05, 4.69) is 6.92 Å². The first-order chi connectivity index (χ1) is 12.3. The molecule has 0 saturated heterocycles. The van der Waals surface area contributed by atoms with Gasteiger partial charge in [0.2, 0.25) is 0 Å². The summed E-state index contributed by atoms with van der Waals surface area (Å²) in [4.78, 5) is 31.5. The highest BCUT2D eigenvalue weighted by atomic mass is 32.2. The zero-order chi connectivity index (χ0) is 19.0. The molecule has 0 aliphatic rings. The van der Waals surface area contributed by atoms with Crippen molar-refractivity contribution < 1.29 is 4.79 Å². The van der Waals surface area contributed by atoms with Crippen molar-refractivity contribution in [3.05, 3.63) is 50.1 Å². The highest BCUT2D eigenvalue weighted by Gasteiger charge is 2.19. The minimum absolute atomic E-state index is 0.0505. The Morgan fingerprint density at radius 1 is 1.23 bits per heavy atom. The van der Waals surface area contributed by atoms with Gasteiger partial charge in [0.05, 0.1) is 16.8 Å². The minimum Gasteiger partial charge on any atom is -0.299 e. The lowest BCUT2D eigenvalue weighted by atomic mass is 10.1. The molecule has 26 heavy (non-hydrogen) atoms. The van der Waals surface area contributed by atoms with Crippen molar-refractivity contribution in [2.75, 3.05) is 5.75 Å². The van der Waals surface area contributed by atoms with Gasteiger partial charge in [0, 0.05) is 4.88 Å². The molecule has 3 aromatic rings. The van der Waals surface area contributed by atoms with E-state index in [0.717, 1.165) is 32.9 Å². The summed E-state index contributed by atoms with van der Waals surface area (Å²) in [5.74, 6) is 0.362. The predicted octanol–water partition coefficient (Wildman–Crippen LogP) is 4.62. The summed E-state index contributed by atoms with van der Waals surface area (Å²) in [6, 6.07) is 5.97. The number of thioether (sulfide) groups is 1. The van der Waals surface area contributed by atoms with Gasteiger partial charge in [0.1, 0.15) is 10.6 Å². The standard InChI is InChI=1S/C20H22N2O2S2/c1-6-16-14(5)26-18-17(16)19(24)22(20(21-18)25-10-13(4)23)15-8-7-11(2)12(3)9-15/h7-9H,6,10H2,1-5H3. The van der Waals surface area contributed by atoms with E-state index >= 15 is 0 Å². The van der Waals surface area contributed by atoms with Crippen LogP contribution in [-0.4, -0.2) is 21.1 Å². The molecule has 6 heteroatoms. The fourth-order valence-electron chi connectivity index (χ4n) is 2.98. The molecule has 136 valence electrons. The molecule has 0 amide bonds. The van der Waals surface area contributed by atoms with E-state index in [4.69, 9.17) is 4.98 Å². The number of rotatable bonds is 5. The van der Waals surface area contributed by atoms with Crippen LogP contribution in [0.2, 0.25) is 0 Å². The number of thiophene rings is 1. The van der Waals surface area contributed by atoms with Crippen molar-refractivity contribution in [1.82, 2.24) is 9.55 Å². The number of fused-ring (bicyclic) bond motifs is 1. The predicted molar refractivity (Wildman–Crippen MR) is 110 cm³/mol. The number of hydrogen-bond acceptors (Lipinski definition) is 5. The zero-order valence-electron chi connectivity index (χ0n) is 15.7. The van der Waals surface area contributed by atoms with Crippen LogP contribution in [0.4, 0.5) is 0 Å². The number of carbonyl (C=O) groups is 1. The molecule has 1 aromatic carbocycles. The summed E-state index contributed by atoms with van der Waals surface area (Å²) < 4.78 is 1.66. The average Bonchev–Trinajstić information content (AvgIpc) is 2.91. The minimum atomic E-state index is -0.0505. The largest absolute Gasteiger partial charge is 0.299 e. The molecule has 0 bridgehead atoms. The Morgan fingerprint density at radius 2 is 1.96 bits per heavy atom. The maximum absolute atomic E-state index is 13.4. The number of carbonyl (C=O) groups excluding carboxylic acids is 1. The van der Waals surface area contributed by atoms with Gasteiger partial charge in [0.25, 0.3) is 5.56 Å². The van der Waals surface area contributed by atoms with E-state index in [-0.39, 0.29) is 11.3 Å². The van der Waals surface area contributed by atoms with Gasteiger partial charge in [-0.3, -0.25) is 14.2 Å². The molecular weight excluding hydrogens is 364 g/mol. The van der Waals surface area contributed by atoms with Crippen LogP contribution >= 0.6 is 23.1 Å². The molecule has 2 aromatic heterocycles. The van der Waals surface area contributed by atoms with Crippen LogP contribution in [0.25, 0.3) is 15.9 Å². The Hall–Kier alpha value is -1.92. The summed E-state index contributed by atoms with van der Waals surface area (Å²) in [6.45, 7) is 9.73. The second-order valence-electron chi connectivity index (χ2n) is 6.46. The highest BCUT2D eigenvalue weighted by Crippen LogP contribution is 2.30. The first kappa shape index (κ1) is 18.9. The third-order valence-corrected chi connectivity index (χ3v) is 6.63.